The number of imide groups is 1. The number of piperazine rings is 1. The number of fused-ring (bicyclic) bond motifs is 1. The molecule has 4 heterocycles. The summed E-state index contributed by atoms with van der Waals surface area (Å²) in [7, 11) is 0. The highest BCUT2D eigenvalue weighted by atomic mass is 35.5. The van der Waals surface area contributed by atoms with Gasteiger partial charge >= 0.3 is 0 Å². The molecule has 2 saturated heterocycles. The standard InChI is InChI=1S/C43H50ClN7O6/c1-42(2)40(43(3,4)41(42)57-29-13-11-27(24-45)32(44)23-29)48-37(53)28-12-15-35(46-25-28)50-20-18-49(19-21-50)17-6-5-7-22-56-34-10-8-9-30-31(34)26-51(39(30)55)33-14-16-36(52)47-38(33)54/h8-13,15,23,25,33,40-41H,5-7,14,16-22,26H2,1-4H3,(H,48,53)(H,47,52,54)/t33-,40-,41-/m0/s1. The van der Waals surface area contributed by atoms with Gasteiger partial charge in [0.25, 0.3) is 11.8 Å². The van der Waals surface area contributed by atoms with Crippen LogP contribution in [0.2, 0.25) is 5.02 Å². The van der Waals surface area contributed by atoms with Crippen molar-refractivity contribution in [2.45, 2.75) is 84.5 Å². The molecule has 2 aromatic carbocycles. The zero-order valence-corrected chi connectivity index (χ0v) is 33.7. The second kappa shape index (κ2) is 16.3. The molecule has 300 valence electrons. The Kier molecular flexibility index (Phi) is 11.5. The molecule has 3 fully saturated rings. The third kappa shape index (κ3) is 8.16. The SMILES string of the molecule is CC1(C)[C@H](NC(=O)c2ccc(N3CCN(CCCCCOc4cccc5c4CN([C@H]4CCC(=O)NC4=O)C5=O)CC3)nc2)C(C)(C)[C@H]1Oc1ccc(C#N)c(Cl)c1. The zero-order chi connectivity index (χ0) is 40.5. The van der Waals surface area contributed by atoms with E-state index in [2.05, 4.69) is 59.2 Å². The summed E-state index contributed by atoms with van der Waals surface area (Å²) in [6.07, 6.45) is 4.96. The Hall–Kier alpha value is -5.19. The van der Waals surface area contributed by atoms with Crippen molar-refractivity contribution in [3.63, 3.8) is 0 Å². The summed E-state index contributed by atoms with van der Waals surface area (Å²) in [6, 6.07) is 15.6. The summed E-state index contributed by atoms with van der Waals surface area (Å²) in [5, 5.41) is 15.1. The Labute approximate surface area is 338 Å². The quantitative estimate of drug-likeness (QED) is 0.171. The van der Waals surface area contributed by atoms with Gasteiger partial charge in [0, 0.05) is 72.9 Å². The summed E-state index contributed by atoms with van der Waals surface area (Å²) >= 11 is 6.24. The minimum Gasteiger partial charge on any atom is -0.493 e. The highest BCUT2D eigenvalue weighted by Gasteiger charge is 2.64. The number of aromatic nitrogens is 1. The number of unbranched alkanes of at least 4 members (excludes halogenated alkanes) is 2. The fraction of sp³-hybridized carbons (Fsp3) is 0.488. The lowest BCUT2D eigenvalue weighted by Crippen LogP contribution is -2.74. The molecule has 0 unspecified atom stereocenters. The number of carbonyl (C=O) groups excluding carboxylic acids is 4. The van der Waals surface area contributed by atoms with Gasteiger partial charge in [-0.1, -0.05) is 45.4 Å². The van der Waals surface area contributed by atoms with Crippen molar-refractivity contribution in [3.05, 3.63) is 82.0 Å². The van der Waals surface area contributed by atoms with E-state index in [9.17, 15) is 24.4 Å². The van der Waals surface area contributed by atoms with Gasteiger partial charge in [-0.05, 0) is 68.6 Å². The van der Waals surface area contributed by atoms with Crippen molar-refractivity contribution < 1.29 is 28.7 Å². The van der Waals surface area contributed by atoms with E-state index in [4.69, 9.17) is 21.1 Å². The molecule has 3 aromatic rings. The molecule has 4 aliphatic rings. The molecule has 0 bridgehead atoms. The van der Waals surface area contributed by atoms with Crippen LogP contribution in [-0.4, -0.2) is 95.9 Å². The Morgan fingerprint density at radius 2 is 1.79 bits per heavy atom. The number of piperidine rings is 1. The van der Waals surface area contributed by atoms with Crippen LogP contribution >= 0.6 is 11.6 Å². The zero-order valence-electron chi connectivity index (χ0n) is 33.0. The molecule has 3 aliphatic heterocycles. The normalized spacial score (nSPS) is 22.6. The minimum absolute atomic E-state index is 0.145. The Morgan fingerprint density at radius 1 is 1.02 bits per heavy atom. The maximum atomic E-state index is 13.4. The van der Waals surface area contributed by atoms with E-state index >= 15 is 0 Å². The van der Waals surface area contributed by atoms with E-state index in [0.29, 0.717) is 52.8 Å². The van der Waals surface area contributed by atoms with Crippen LogP contribution in [0, 0.1) is 22.2 Å². The van der Waals surface area contributed by atoms with Crippen molar-refractivity contribution in [2.24, 2.45) is 10.8 Å². The number of benzene rings is 2. The van der Waals surface area contributed by atoms with Crippen LogP contribution in [0.15, 0.2) is 54.7 Å². The van der Waals surface area contributed by atoms with Crippen LogP contribution in [0.1, 0.15) is 91.6 Å². The molecule has 4 amide bonds. The largest absolute Gasteiger partial charge is 0.493 e. The number of carbonyl (C=O) groups is 4. The number of halogens is 1. The Morgan fingerprint density at radius 3 is 2.47 bits per heavy atom. The fourth-order valence-electron chi connectivity index (χ4n) is 9.21. The number of nitrogens with zero attached hydrogens (tertiary/aromatic N) is 5. The number of rotatable bonds is 13. The first-order chi connectivity index (χ1) is 27.3. The van der Waals surface area contributed by atoms with Crippen molar-refractivity contribution in [1.29, 1.82) is 5.26 Å². The predicted molar refractivity (Wildman–Crippen MR) is 214 cm³/mol. The van der Waals surface area contributed by atoms with Crippen LogP contribution in [0.3, 0.4) is 0 Å². The number of pyridine rings is 1. The van der Waals surface area contributed by atoms with Gasteiger partial charge in [-0.15, -0.1) is 0 Å². The highest BCUT2D eigenvalue weighted by molar-refractivity contribution is 6.31. The van der Waals surface area contributed by atoms with E-state index in [0.717, 1.165) is 63.4 Å². The van der Waals surface area contributed by atoms with E-state index in [-0.39, 0.29) is 47.1 Å². The number of hydrogen-bond acceptors (Lipinski definition) is 10. The summed E-state index contributed by atoms with van der Waals surface area (Å²) in [6.45, 7) is 13.7. The van der Waals surface area contributed by atoms with Gasteiger partial charge in [-0.3, -0.25) is 29.4 Å². The molecule has 14 heteroatoms. The van der Waals surface area contributed by atoms with Gasteiger partial charge in [0.2, 0.25) is 11.8 Å². The molecule has 1 saturated carbocycles. The van der Waals surface area contributed by atoms with Crippen molar-refractivity contribution in [2.75, 3.05) is 44.2 Å². The molecule has 0 radical (unpaired) electrons. The molecule has 2 N–H and O–H groups in total. The minimum atomic E-state index is -0.647. The number of nitrogens with one attached hydrogen (secondary N) is 2. The molecule has 7 rings (SSSR count). The van der Waals surface area contributed by atoms with Crippen LogP contribution in [0.25, 0.3) is 0 Å². The van der Waals surface area contributed by atoms with Gasteiger partial charge in [0.15, 0.2) is 0 Å². The van der Waals surface area contributed by atoms with Gasteiger partial charge in [0.1, 0.15) is 35.5 Å². The van der Waals surface area contributed by atoms with Crippen molar-refractivity contribution in [3.8, 4) is 17.6 Å². The topological polar surface area (TPSA) is 157 Å². The number of nitriles is 1. The first-order valence-corrected chi connectivity index (χ1v) is 20.2. The van der Waals surface area contributed by atoms with Crippen LogP contribution < -0.4 is 25.0 Å². The summed E-state index contributed by atoms with van der Waals surface area (Å²) < 4.78 is 12.5. The Balaban J connectivity index is 0.812. The predicted octanol–water partition coefficient (Wildman–Crippen LogP) is 5.35. The lowest BCUT2D eigenvalue weighted by atomic mass is 9.49. The molecule has 0 spiro atoms. The van der Waals surface area contributed by atoms with Gasteiger partial charge in [-0.25, -0.2) is 4.98 Å². The number of amides is 4. The molecule has 1 aromatic heterocycles. The number of ether oxygens (including phenoxy) is 2. The molecular weight excluding hydrogens is 746 g/mol. The average molecular weight is 796 g/mol. The highest BCUT2D eigenvalue weighted by Crippen LogP contribution is 2.55. The second-order valence-corrected chi connectivity index (χ2v) is 17.0. The third-order valence-electron chi connectivity index (χ3n) is 12.1. The van der Waals surface area contributed by atoms with Crippen molar-refractivity contribution in [1.82, 2.24) is 25.4 Å². The maximum Gasteiger partial charge on any atom is 0.255 e. The average Bonchev–Trinajstić information content (AvgIpc) is 3.53. The fourth-order valence-corrected chi connectivity index (χ4v) is 9.42. The van der Waals surface area contributed by atoms with Gasteiger partial charge < -0.3 is 24.6 Å². The monoisotopic (exact) mass is 795 g/mol. The molecule has 1 aliphatic carbocycles. The first-order valence-electron chi connectivity index (χ1n) is 19.8. The van der Waals surface area contributed by atoms with Crippen molar-refractivity contribution >= 4 is 41.0 Å². The maximum absolute atomic E-state index is 13.4. The molecule has 57 heavy (non-hydrogen) atoms. The lowest BCUT2D eigenvalue weighted by molar-refractivity contribution is -0.164. The second-order valence-electron chi connectivity index (χ2n) is 16.6. The molecule has 1 atom stereocenters. The van der Waals surface area contributed by atoms with E-state index in [1.54, 1.807) is 35.4 Å². The van der Waals surface area contributed by atoms with Crippen LogP contribution in [0.4, 0.5) is 5.82 Å². The molecule has 13 nitrogen and oxygen atoms in total. The molecular formula is C43H50ClN7O6. The number of hydrogen-bond donors (Lipinski definition) is 2. The summed E-state index contributed by atoms with van der Waals surface area (Å²) in [5.74, 6) is 1.03. The summed E-state index contributed by atoms with van der Waals surface area (Å²) in [5.41, 5.74) is 1.53. The Bertz CT molecular complexity index is 2060. The first kappa shape index (κ1) is 40.0. The van der Waals surface area contributed by atoms with Gasteiger partial charge in [-0.2, -0.15) is 5.26 Å². The lowest BCUT2D eigenvalue weighted by Gasteiger charge is -2.63. The third-order valence-corrected chi connectivity index (χ3v) is 12.4. The smallest absolute Gasteiger partial charge is 0.255 e. The van der Waals surface area contributed by atoms with Gasteiger partial charge in [0.05, 0.1) is 29.3 Å². The van der Waals surface area contributed by atoms with Crippen LogP contribution in [-0.2, 0) is 16.1 Å². The van der Waals surface area contributed by atoms with Crippen LogP contribution in [0.5, 0.6) is 11.5 Å². The van der Waals surface area contributed by atoms with E-state index < -0.39 is 11.9 Å². The van der Waals surface area contributed by atoms with E-state index in [1.807, 2.05) is 24.3 Å². The summed E-state index contributed by atoms with van der Waals surface area (Å²) in [4.78, 5) is 61.4. The number of anilines is 1. The van der Waals surface area contributed by atoms with E-state index in [1.165, 1.54) is 0 Å².